The molecule has 0 saturated carbocycles. The number of nitrogens with zero attached hydrogens (tertiary/aromatic N) is 4. The van der Waals surface area contributed by atoms with Crippen molar-refractivity contribution in [2.24, 2.45) is 5.92 Å². The molecule has 0 aliphatic carbocycles. The third kappa shape index (κ3) is 4.91. The van der Waals surface area contributed by atoms with E-state index in [0.717, 1.165) is 25.2 Å². The van der Waals surface area contributed by atoms with E-state index in [-0.39, 0.29) is 11.7 Å². The molecule has 0 bridgehead atoms. The van der Waals surface area contributed by atoms with E-state index >= 15 is 0 Å². The van der Waals surface area contributed by atoms with E-state index < -0.39 is 16.1 Å². The molecule has 1 aromatic carbocycles. The van der Waals surface area contributed by atoms with Gasteiger partial charge < -0.3 is 4.57 Å². The van der Waals surface area contributed by atoms with Gasteiger partial charge in [-0.2, -0.15) is 0 Å². The Bertz CT molecular complexity index is 897. The average molecular weight is 396 g/mol. The smallest absolute Gasteiger partial charge is 0.209 e. The molecule has 7 nitrogen and oxygen atoms in total. The third-order valence-electron chi connectivity index (χ3n) is 4.79. The van der Waals surface area contributed by atoms with Crippen LogP contribution in [0.25, 0.3) is 0 Å². The number of rotatable bonds is 6. The topological polar surface area (TPSA) is 80.1 Å². The van der Waals surface area contributed by atoms with Crippen molar-refractivity contribution in [3.8, 4) is 0 Å². The Labute approximate surface area is 159 Å². The van der Waals surface area contributed by atoms with Gasteiger partial charge in [0.05, 0.1) is 12.3 Å². The second-order valence-electron chi connectivity index (χ2n) is 7.36. The number of hydrogen-bond acceptors (Lipinski definition) is 5. The van der Waals surface area contributed by atoms with E-state index in [9.17, 15) is 12.8 Å². The Hall–Kier alpha value is -1.84. The van der Waals surface area contributed by atoms with Crippen molar-refractivity contribution in [1.82, 2.24) is 24.4 Å². The lowest BCUT2D eigenvalue weighted by molar-refractivity contribution is 0.265. The summed E-state index contributed by atoms with van der Waals surface area (Å²) in [5.41, 5.74) is 0.675. The molecule has 1 N–H and O–H groups in total. The fraction of sp³-hybridized carbons (Fsp3) is 0.556. The Kier molecular flexibility index (Phi) is 5.92. The number of nitrogens with one attached hydrogen (secondary N) is 1. The molecule has 0 fully saturated rings. The molecule has 0 saturated heterocycles. The van der Waals surface area contributed by atoms with Crippen LogP contribution in [0.5, 0.6) is 0 Å². The maximum atomic E-state index is 13.9. The van der Waals surface area contributed by atoms with Gasteiger partial charge in [0.1, 0.15) is 11.6 Å². The van der Waals surface area contributed by atoms with Crippen LogP contribution in [0.15, 0.2) is 24.3 Å². The summed E-state index contributed by atoms with van der Waals surface area (Å²) in [7, 11) is -3.37. The van der Waals surface area contributed by atoms with Crippen LogP contribution in [0.3, 0.4) is 0 Å². The highest BCUT2D eigenvalue weighted by atomic mass is 32.2. The maximum absolute atomic E-state index is 13.9. The lowest BCUT2D eigenvalue weighted by Crippen LogP contribution is -2.33. The maximum Gasteiger partial charge on any atom is 0.209 e. The van der Waals surface area contributed by atoms with Gasteiger partial charge in [-0.25, -0.2) is 17.5 Å². The summed E-state index contributed by atoms with van der Waals surface area (Å²) < 4.78 is 42.1. The first-order valence-electron chi connectivity index (χ1n) is 9.09. The van der Waals surface area contributed by atoms with Crippen molar-refractivity contribution in [3.63, 3.8) is 0 Å². The van der Waals surface area contributed by atoms with Crippen LogP contribution in [0, 0.1) is 11.7 Å². The molecule has 1 unspecified atom stereocenters. The summed E-state index contributed by atoms with van der Waals surface area (Å²) in [5, 5.41) is 8.56. The van der Waals surface area contributed by atoms with Crippen molar-refractivity contribution in [2.45, 2.75) is 39.4 Å². The van der Waals surface area contributed by atoms with Crippen LogP contribution in [-0.2, 0) is 29.5 Å². The van der Waals surface area contributed by atoms with Crippen molar-refractivity contribution in [1.29, 1.82) is 0 Å². The number of sulfonamides is 1. The van der Waals surface area contributed by atoms with E-state index in [1.54, 1.807) is 12.1 Å². The molecule has 0 radical (unpaired) electrons. The molecule has 0 amide bonds. The Morgan fingerprint density at radius 1 is 1.19 bits per heavy atom. The molecule has 9 heteroatoms. The van der Waals surface area contributed by atoms with Gasteiger partial charge in [0, 0.05) is 38.2 Å². The fourth-order valence-corrected chi connectivity index (χ4v) is 4.20. The van der Waals surface area contributed by atoms with E-state index in [1.165, 1.54) is 6.07 Å². The molecule has 2 heterocycles. The summed E-state index contributed by atoms with van der Waals surface area (Å²) in [6, 6.07) is 6.38. The minimum absolute atomic E-state index is 0.0331. The molecule has 27 heavy (non-hydrogen) atoms. The summed E-state index contributed by atoms with van der Waals surface area (Å²) in [4.78, 5) is 2.19. The number of benzene rings is 1. The molecule has 1 aliphatic rings. The molecule has 148 valence electrons. The summed E-state index contributed by atoms with van der Waals surface area (Å²) in [5.74, 6) is 1.31. The predicted octanol–water partition coefficient (Wildman–Crippen LogP) is 1.72. The van der Waals surface area contributed by atoms with Crippen molar-refractivity contribution >= 4 is 10.0 Å². The summed E-state index contributed by atoms with van der Waals surface area (Å²) >= 11 is 0. The van der Waals surface area contributed by atoms with E-state index in [4.69, 9.17) is 0 Å². The summed E-state index contributed by atoms with van der Waals surface area (Å²) in [6.45, 7) is 6.54. The normalized spacial score (nSPS) is 16.9. The van der Waals surface area contributed by atoms with Crippen LogP contribution in [0.2, 0.25) is 0 Å². The van der Waals surface area contributed by atoms with Crippen LogP contribution < -0.4 is 4.72 Å². The second-order valence-corrected chi connectivity index (χ2v) is 9.14. The SMILES string of the molecule is CC(C)C(NS(C)(=O)=O)c1nnc2n1CCN(Cc1ccccc1F)CC2. The van der Waals surface area contributed by atoms with Gasteiger partial charge in [-0.05, 0) is 12.0 Å². The fourth-order valence-electron chi connectivity index (χ4n) is 3.36. The molecule has 3 rings (SSSR count). The quantitative estimate of drug-likeness (QED) is 0.806. The molecule has 1 aromatic heterocycles. The van der Waals surface area contributed by atoms with E-state index in [2.05, 4.69) is 19.8 Å². The predicted molar refractivity (Wildman–Crippen MR) is 101 cm³/mol. The first-order chi connectivity index (χ1) is 12.7. The Morgan fingerprint density at radius 3 is 2.59 bits per heavy atom. The zero-order valence-electron chi connectivity index (χ0n) is 15.9. The van der Waals surface area contributed by atoms with Crippen LogP contribution in [-0.4, -0.2) is 47.4 Å². The number of hydrogen-bond donors (Lipinski definition) is 1. The monoisotopic (exact) mass is 395 g/mol. The minimum atomic E-state index is -3.37. The van der Waals surface area contributed by atoms with Gasteiger partial charge in [-0.1, -0.05) is 32.0 Å². The van der Waals surface area contributed by atoms with E-state index in [1.807, 2.05) is 24.5 Å². The van der Waals surface area contributed by atoms with Crippen molar-refractivity contribution in [2.75, 3.05) is 19.3 Å². The lowest BCUT2D eigenvalue weighted by Gasteiger charge is -2.22. The van der Waals surface area contributed by atoms with Gasteiger partial charge in [0.2, 0.25) is 10.0 Å². The van der Waals surface area contributed by atoms with Gasteiger partial charge in [0.25, 0.3) is 0 Å². The first kappa shape index (κ1) is 19.9. The Morgan fingerprint density at radius 2 is 1.93 bits per heavy atom. The molecule has 2 aromatic rings. The third-order valence-corrected chi connectivity index (χ3v) is 5.47. The highest BCUT2D eigenvalue weighted by molar-refractivity contribution is 7.88. The zero-order valence-corrected chi connectivity index (χ0v) is 16.7. The molecular formula is C18H26FN5O2S. The van der Waals surface area contributed by atoms with Crippen LogP contribution >= 0.6 is 0 Å². The van der Waals surface area contributed by atoms with Gasteiger partial charge in [0.15, 0.2) is 5.82 Å². The number of halogens is 1. The highest BCUT2D eigenvalue weighted by Crippen LogP contribution is 2.23. The molecule has 1 atom stereocenters. The lowest BCUT2D eigenvalue weighted by atomic mass is 10.1. The summed E-state index contributed by atoms with van der Waals surface area (Å²) in [6.07, 6.45) is 1.84. The van der Waals surface area contributed by atoms with Crippen LogP contribution in [0.1, 0.15) is 37.1 Å². The molecule has 0 spiro atoms. The molecular weight excluding hydrogens is 369 g/mol. The average Bonchev–Trinajstić information content (AvgIpc) is 2.88. The zero-order chi connectivity index (χ0) is 19.6. The van der Waals surface area contributed by atoms with Gasteiger partial charge >= 0.3 is 0 Å². The standard InChI is InChI=1S/C18H26FN5O2S/c1-13(2)17(22-27(3,25)26)18-21-20-16-8-9-23(10-11-24(16)18)12-14-6-4-5-7-15(14)19/h4-7,13,17,22H,8-12H2,1-3H3. The number of fused-ring (bicyclic) bond motifs is 1. The Balaban J connectivity index is 1.77. The highest BCUT2D eigenvalue weighted by Gasteiger charge is 2.28. The molecule has 1 aliphatic heterocycles. The van der Waals surface area contributed by atoms with Crippen molar-refractivity contribution < 1.29 is 12.8 Å². The second kappa shape index (κ2) is 8.04. The minimum Gasteiger partial charge on any atom is -0.312 e. The largest absolute Gasteiger partial charge is 0.312 e. The van der Waals surface area contributed by atoms with Gasteiger partial charge in [-0.3, -0.25) is 4.90 Å². The number of aromatic nitrogens is 3. The van der Waals surface area contributed by atoms with Gasteiger partial charge in [-0.15, -0.1) is 10.2 Å². The first-order valence-corrected chi connectivity index (χ1v) is 11.0. The van der Waals surface area contributed by atoms with E-state index in [0.29, 0.717) is 30.9 Å². The van der Waals surface area contributed by atoms with Crippen molar-refractivity contribution in [3.05, 3.63) is 47.3 Å². The van der Waals surface area contributed by atoms with Crippen LogP contribution in [0.4, 0.5) is 4.39 Å².